The van der Waals surface area contributed by atoms with Crippen LogP contribution in [0.5, 0.6) is 0 Å². The first-order valence-corrected chi connectivity index (χ1v) is 7.40. The molecule has 0 amide bonds. The molecule has 0 bridgehead atoms. The summed E-state index contributed by atoms with van der Waals surface area (Å²) in [6, 6.07) is -0.656. The zero-order valence-corrected chi connectivity index (χ0v) is 13.7. The minimum atomic E-state index is -5.46. The minimum Gasteiger partial charge on any atom is -0.166 e. The molecule has 10 heteroatoms. The van der Waals surface area contributed by atoms with E-state index < -0.39 is 46.1 Å². The average Bonchev–Trinajstić information content (AvgIpc) is 2.43. The van der Waals surface area contributed by atoms with Gasteiger partial charge in [-0.3, -0.25) is 0 Å². The van der Waals surface area contributed by atoms with Gasteiger partial charge in [0.25, 0.3) is 0 Å². The molecule has 0 aliphatic rings. The monoisotopic (exact) mass is 388 g/mol. The topological polar surface area (TPSA) is 0 Å². The average molecular weight is 388 g/mol. The van der Waals surface area contributed by atoms with Crippen molar-refractivity contribution in [3.63, 3.8) is 0 Å². The third-order valence-corrected chi connectivity index (χ3v) is 3.67. The molecule has 0 nitrogen and oxygen atoms in total. The maximum absolute atomic E-state index is 13.4. The van der Waals surface area contributed by atoms with Gasteiger partial charge in [0.05, 0.1) is 24.5 Å². The Morgan fingerprint density at radius 2 is 1.27 bits per heavy atom. The Kier molecular flexibility index (Phi) is 6.20. The largest absolute Gasteiger partial charge is 0.416 e. The van der Waals surface area contributed by atoms with Crippen LogP contribution < -0.4 is 0 Å². The highest BCUT2D eigenvalue weighted by Gasteiger charge is 2.47. The van der Waals surface area contributed by atoms with E-state index in [1.54, 1.807) is 0 Å². The lowest BCUT2D eigenvalue weighted by molar-refractivity contribution is -0.149. The van der Waals surface area contributed by atoms with Crippen molar-refractivity contribution in [2.75, 3.05) is 0 Å². The van der Waals surface area contributed by atoms with E-state index in [1.165, 1.54) is 13.8 Å². The van der Waals surface area contributed by atoms with Gasteiger partial charge < -0.3 is 0 Å². The van der Waals surface area contributed by atoms with Crippen molar-refractivity contribution < 1.29 is 39.5 Å². The molecule has 2 radical (unpaired) electrons. The zero-order chi connectivity index (χ0) is 20.6. The first-order valence-electron chi connectivity index (χ1n) is 7.40. The lowest BCUT2D eigenvalue weighted by Gasteiger charge is -2.33. The molecule has 0 aliphatic carbocycles. The zero-order valence-electron chi connectivity index (χ0n) is 13.7. The van der Waals surface area contributed by atoms with E-state index >= 15 is 0 Å². The fourth-order valence-corrected chi connectivity index (χ4v) is 2.76. The molecule has 144 valence electrons. The number of benzene rings is 1. The molecule has 0 saturated carbocycles. The van der Waals surface area contributed by atoms with E-state index in [0.29, 0.717) is 0 Å². The van der Waals surface area contributed by atoms with Gasteiger partial charge in [-0.1, -0.05) is 25.5 Å². The van der Waals surface area contributed by atoms with E-state index in [2.05, 4.69) is 0 Å². The second kappa shape index (κ2) is 7.19. The molecule has 26 heavy (non-hydrogen) atoms. The van der Waals surface area contributed by atoms with Gasteiger partial charge in [0.1, 0.15) is 0 Å². The van der Waals surface area contributed by atoms with Crippen LogP contribution in [-0.4, -0.2) is 7.85 Å². The fraction of sp³-hybridized carbons (Fsp3) is 0.500. The van der Waals surface area contributed by atoms with Crippen LogP contribution in [0.3, 0.4) is 0 Å². The van der Waals surface area contributed by atoms with Gasteiger partial charge >= 0.3 is 18.5 Å². The van der Waals surface area contributed by atoms with Crippen LogP contribution in [0.1, 0.15) is 48.9 Å². The molecule has 0 saturated heterocycles. The van der Waals surface area contributed by atoms with Crippen molar-refractivity contribution >= 4 is 7.85 Å². The lowest BCUT2D eigenvalue weighted by Crippen LogP contribution is -2.32. The highest BCUT2D eigenvalue weighted by atomic mass is 19.4. The molecule has 1 aromatic rings. The van der Waals surface area contributed by atoms with E-state index in [9.17, 15) is 39.5 Å². The summed E-state index contributed by atoms with van der Waals surface area (Å²) in [7, 11) is 5.83. The molecule has 0 spiro atoms. The van der Waals surface area contributed by atoms with E-state index in [-0.39, 0.29) is 25.0 Å². The molecular formula is C16H14BF9. The Hall–Kier alpha value is -1.61. The van der Waals surface area contributed by atoms with Crippen LogP contribution >= 0.6 is 0 Å². The molecule has 1 unspecified atom stereocenters. The third kappa shape index (κ3) is 4.76. The van der Waals surface area contributed by atoms with Gasteiger partial charge in [0.15, 0.2) is 0 Å². The Morgan fingerprint density at radius 3 is 1.54 bits per heavy atom. The van der Waals surface area contributed by atoms with Crippen LogP contribution in [-0.2, 0) is 23.8 Å². The summed E-state index contributed by atoms with van der Waals surface area (Å²) in [5.74, 6) is 0. The molecule has 0 aliphatic heterocycles. The molecule has 1 rings (SSSR count). The van der Waals surface area contributed by atoms with Gasteiger partial charge in [-0.2, -0.15) is 39.5 Å². The van der Waals surface area contributed by atoms with Gasteiger partial charge in [-0.15, -0.1) is 0 Å². The number of hydrogen-bond donors (Lipinski definition) is 0. The predicted molar refractivity (Wildman–Crippen MR) is 78.6 cm³/mol. The van der Waals surface area contributed by atoms with Crippen molar-refractivity contribution in [1.29, 1.82) is 0 Å². The van der Waals surface area contributed by atoms with Crippen molar-refractivity contribution in [1.82, 2.24) is 0 Å². The summed E-state index contributed by atoms with van der Waals surface area (Å²) in [6.45, 7) is 2.82. The molecule has 1 atom stereocenters. The first kappa shape index (κ1) is 22.4. The lowest BCUT2D eigenvalue weighted by atomic mass is 9.59. The number of alkyl halides is 9. The summed E-state index contributed by atoms with van der Waals surface area (Å²) >= 11 is 0. The van der Waals surface area contributed by atoms with E-state index in [4.69, 9.17) is 7.85 Å². The van der Waals surface area contributed by atoms with Gasteiger partial charge in [0, 0.05) is 0 Å². The highest BCUT2D eigenvalue weighted by molar-refractivity contribution is 6.17. The minimum absolute atomic E-state index is 0.108. The van der Waals surface area contributed by atoms with Crippen molar-refractivity contribution in [3.05, 3.63) is 46.5 Å². The Balaban J connectivity index is 4.09. The Bertz CT molecular complexity index is 633. The molecule has 0 aromatic heterocycles. The maximum atomic E-state index is 13.4. The second-order valence-electron chi connectivity index (χ2n) is 5.73. The van der Waals surface area contributed by atoms with Gasteiger partial charge in [-0.05, 0) is 36.4 Å². The van der Waals surface area contributed by atoms with E-state index in [0.717, 1.165) is 12.2 Å². The SMILES string of the molecule is [B]C(/C=C\C)(CCC)c1c(C(F)(F)F)cc(C(F)(F)F)cc1C(F)(F)F. The summed E-state index contributed by atoms with van der Waals surface area (Å²) < 4.78 is 119. The maximum Gasteiger partial charge on any atom is 0.416 e. The molecular weight excluding hydrogens is 374 g/mol. The number of allylic oxidation sites excluding steroid dienone is 2. The van der Waals surface area contributed by atoms with Crippen molar-refractivity contribution in [2.45, 2.75) is 50.5 Å². The van der Waals surface area contributed by atoms with Gasteiger partial charge in [0.2, 0.25) is 0 Å². The Labute approximate surface area is 145 Å². The molecule has 0 heterocycles. The Morgan fingerprint density at radius 1 is 0.846 bits per heavy atom. The van der Waals surface area contributed by atoms with Crippen LogP contribution in [0.15, 0.2) is 24.3 Å². The highest BCUT2D eigenvalue weighted by Crippen LogP contribution is 2.48. The molecule has 0 fully saturated rings. The van der Waals surface area contributed by atoms with Crippen LogP contribution in [0.4, 0.5) is 39.5 Å². The first-order chi connectivity index (χ1) is 11.6. The fourth-order valence-electron chi connectivity index (χ4n) is 2.76. The van der Waals surface area contributed by atoms with Gasteiger partial charge in [-0.25, -0.2) is 0 Å². The van der Waals surface area contributed by atoms with Crippen molar-refractivity contribution in [3.8, 4) is 0 Å². The number of halogens is 9. The summed E-state index contributed by atoms with van der Waals surface area (Å²) in [5.41, 5.74) is -7.55. The van der Waals surface area contributed by atoms with Crippen LogP contribution in [0.2, 0.25) is 0 Å². The van der Waals surface area contributed by atoms with Crippen LogP contribution in [0, 0.1) is 0 Å². The predicted octanol–water partition coefficient (Wildman–Crippen LogP) is 6.48. The second-order valence-corrected chi connectivity index (χ2v) is 5.73. The summed E-state index contributed by atoms with van der Waals surface area (Å²) in [6.07, 6.45) is -14.4. The van der Waals surface area contributed by atoms with Crippen molar-refractivity contribution in [2.24, 2.45) is 0 Å². The number of rotatable bonds is 4. The summed E-state index contributed by atoms with van der Waals surface area (Å²) in [5, 5.41) is -2.23. The quantitative estimate of drug-likeness (QED) is 0.315. The molecule has 0 N–H and O–H groups in total. The van der Waals surface area contributed by atoms with E-state index in [1.807, 2.05) is 0 Å². The van der Waals surface area contributed by atoms with Crippen LogP contribution in [0.25, 0.3) is 0 Å². The third-order valence-electron chi connectivity index (χ3n) is 3.67. The number of hydrogen-bond acceptors (Lipinski definition) is 0. The standard InChI is InChI=1S/C16H14BF9/c1-3-5-13(17,6-4-2)12-10(15(21,22)23)7-9(14(18,19)20)8-11(12)16(24,25)26/h3,5,7-8H,4,6H2,1-2H3/b5-3-. The molecule has 1 aromatic carbocycles. The normalized spacial score (nSPS) is 16.1. The summed E-state index contributed by atoms with van der Waals surface area (Å²) in [4.78, 5) is 0. The smallest absolute Gasteiger partial charge is 0.166 e.